The molecule has 1 aliphatic heterocycles. The molecule has 1 saturated heterocycles. The molecule has 0 bridgehead atoms. The van der Waals surface area contributed by atoms with Crippen molar-refractivity contribution in [2.75, 3.05) is 13.1 Å². The highest BCUT2D eigenvalue weighted by molar-refractivity contribution is 5.12. The summed E-state index contributed by atoms with van der Waals surface area (Å²) in [7, 11) is 0. The van der Waals surface area contributed by atoms with Gasteiger partial charge in [0.2, 0.25) is 0 Å². The second-order valence-electron chi connectivity index (χ2n) is 2.99. The van der Waals surface area contributed by atoms with Crippen LogP contribution in [0, 0.1) is 6.92 Å². The predicted octanol–water partition coefficient (Wildman–Crippen LogP) is 1.06. The molecular weight excluding hydrogens is 140 g/mol. The molecule has 0 aliphatic carbocycles. The largest absolute Gasteiger partial charge is 0.448 e. The minimum absolute atomic E-state index is 0.553. The van der Waals surface area contributed by atoms with Gasteiger partial charge in [-0.3, -0.25) is 0 Å². The fraction of sp³-hybridized carbons (Fsp3) is 0.625. The maximum absolute atomic E-state index is 5.30. The van der Waals surface area contributed by atoms with Gasteiger partial charge in [-0.15, -0.1) is 0 Å². The molecular formula is C8H12N2O. The lowest BCUT2D eigenvalue weighted by molar-refractivity contribution is 0.468. The first kappa shape index (κ1) is 6.85. The Morgan fingerprint density at radius 3 is 3.18 bits per heavy atom. The third-order valence-corrected chi connectivity index (χ3v) is 2.21. The van der Waals surface area contributed by atoms with Gasteiger partial charge < -0.3 is 9.73 Å². The summed E-state index contributed by atoms with van der Waals surface area (Å²) < 4.78 is 5.30. The van der Waals surface area contributed by atoms with E-state index in [0.29, 0.717) is 5.92 Å². The third-order valence-electron chi connectivity index (χ3n) is 2.21. The first-order valence-electron chi connectivity index (χ1n) is 3.98. The van der Waals surface area contributed by atoms with Crippen molar-refractivity contribution in [1.29, 1.82) is 0 Å². The van der Waals surface area contributed by atoms with Gasteiger partial charge in [0.25, 0.3) is 0 Å². The van der Waals surface area contributed by atoms with Gasteiger partial charge in [-0.25, -0.2) is 4.98 Å². The second kappa shape index (κ2) is 2.66. The van der Waals surface area contributed by atoms with Gasteiger partial charge in [0.05, 0.1) is 5.69 Å². The number of rotatable bonds is 1. The van der Waals surface area contributed by atoms with Gasteiger partial charge in [-0.1, -0.05) is 0 Å². The molecule has 3 heteroatoms. The van der Waals surface area contributed by atoms with Crippen molar-refractivity contribution in [2.24, 2.45) is 0 Å². The number of hydrogen-bond acceptors (Lipinski definition) is 3. The van der Waals surface area contributed by atoms with E-state index in [0.717, 1.165) is 24.5 Å². The Labute approximate surface area is 65.8 Å². The van der Waals surface area contributed by atoms with E-state index in [1.807, 2.05) is 6.92 Å². The number of nitrogens with zero attached hydrogens (tertiary/aromatic N) is 1. The van der Waals surface area contributed by atoms with E-state index < -0.39 is 0 Å². The fourth-order valence-electron chi connectivity index (χ4n) is 1.58. The van der Waals surface area contributed by atoms with Crippen molar-refractivity contribution < 1.29 is 4.42 Å². The first-order chi connectivity index (χ1) is 5.38. The standard InChI is InChI=1S/C8H12N2O/c1-6-8(11-5-10-6)7-2-3-9-4-7/h5,7,9H,2-4H2,1H3. The number of hydrogen-bond donors (Lipinski definition) is 1. The minimum Gasteiger partial charge on any atom is -0.448 e. The van der Waals surface area contributed by atoms with Crippen LogP contribution in [0.1, 0.15) is 23.8 Å². The van der Waals surface area contributed by atoms with Crippen LogP contribution < -0.4 is 5.32 Å². The van der Waals surface area contributed by atoms with Gasteiger partial charge in [-0.2, -0.15) is 0 Å². The van der Waals surface area contributed by atoms with Crippen molar-refractivity contribution >= 4 is 0 Å². The van der Waals surface area contributed by atoms with Crippen molar-refractivity contribution in [3.63, 3.8) is 0 Å². The number of aromatic nitrogens is 1. The van der Waals surface area contributed by atoms with Crippen LogP contribution in [0.5, 0.6) is 0 Å². The zero-order valence-corrected chi connectivity index (χ0v) is 6.63. The van der Waals surface area contributed by atoms with Gasteiger partial charge in [0, 0.05) is 12.5 Å². The van der Waals surface area contributed by atoms with E-state index in [4.69, 9.17) is 4.42 Å². The second-order valence-corrected chi connectivity index (χ2v) is 2.99. The lowest BCUT2D eigenvalue weighted by Crippen LogP contribution is -2.08. The average Bonchev–Trinajstić information content (AvgIpc) is 2.55. The highest BCUT2D eigenvalue weighted by atomic mass is 16.3. The summed E-state index contributed by atoms with van der Waals surface area (Å²) in [5.41, 5.74) is 1.04. The maximum Gasteiger partial charge on any atom is 0.181 e. The molecule has 0 aromatic carbocycles. The van der Waals surface area contributed by atoms with Crippen LogP contribution in [0.3, 0.4) is 0 Å². The van der Waals surface area contributed by atoms with Crippen LogP contribution in [0.15, 0.2) is 10.8 Å². The molecule has 1 fully saturated rings. The van der Waals surface area contributed by atoms with Crippen LogP contribution in [-0.4, -0.2) is 18.1 Å². The zero-order chi connectivity index (χ0) is 7.68. The lowest BCUT2D eigenvalue weighted by Gasteiger charge is -2.02. The van der Waals surface area contributed by atoms with E-state index in [1.165, 1.54) is 12.8 Å². The van der Waals surface area contributed by atoms with E-state index in [9.17, 15) is 0 Å². The normalized spacial score (nSPS) is 24.3. The first-order valence-corrected chi connectivity index (χ1v) is 3.98. The monoisotopic (exact) mass is 152 g/mol. The van der Waals surface area contributed by atoms with E-state index in [1.54, 1.807) is 0 Å². The van der Waals surface area contributed by atoms with Crippen molar-refractivity contribution in [1.82, 2.24) is 10.3 Å². The summed E-state index contributed by atoms with van der Waals surface area (Å²) in [6, 6.07) is 0. The highest BCUT2D eigenvalue weighted by Crippen LogP contribution is 2.24. The van der Waals surface area contributed by atoms with Crippen LogP contribution in [-0.2, 0) is 0 Å². The molecule has 2 rings (SSSR count). The third kappa shape index (κ3) is 1.16. The molecule has 0 spiro atoms. The molecule has 2 heterocycles. The smallest absolute Gasteiger partial charge is 0.181 e. The van der Waals surface area contributed by atoms with Gasteiger partial charge >= 0.3 is 0 Å². The van der Waals surface area contributed by atoms with Crippen LogP contribution >= 0.6 is 0 Å². The van der Waals surface area contributed by atoms with Crippen molar-refractivity contribution in [2.45, 2.75) is 19.3 Å². The van der Waals surface area contributed by atoms with E-state index in [-0.39, 0.29) is 0 Å². The summed E-state index contributed by atoms with van der Waals surface area (Å²) in [6.45, 7) is 4.14. The Morgan fingerprint density at radius 2 is 2.64 bits per heavy atom. The lowest BCUT2D eigenvalue weighted by atomic mass is 10.1. The topological polar surface area (TPSA) is 38.1 Å². The summed E-state index contributed by atoms with van der Waals surface area (Å²) in [5.74, 6) is 1.62. The molecule has 1 aromatic rings. The van der Waals surface area contributed by atoms with Crippen LogP contribution in [0.25, 0.3) is 0 Å². The molecule has 11 heavy (non-hydrogen) atoms. The highest BCUT2D eigenvalue weighted by Gasteiger charge is 2.21. The summed E-state index contributed by atoms with van der Waals surface area (Å²) in [4.78, 5) is 4.07. The number of aryl methyl sites for hydroxylation is 1. The van der Waals surface area contributed by atoms with Crippen molar-refractivity contribution in [3.05, 3.63) is 17.8 Å². The molecule has 1 aliphatic rings. The Kier molecular flexibility index (Phi) is 1.66. The SMILES string of the molecule is Cc1ncoc1C1CCNC1. The molecule has 0 amide bonds. The van der Waals surface area contributed by atoms with Gasteiger partial charge in [0.1, 0.15) is 5.76 Å². The minimum atomic E-state index is 0.553. The zero-order valence-electron chi connectivity index (χ0n) is 6.63. The van der Waals surface area contributed by atoms with E-state index >= 15 is 0 Å². The van der Waals surface area contributed by atoms with Crippen LogP contribution in [0.4, 0.5) is 0 Å². The molecule has 60 valence electrons. The predicted molar refractivity (Wildman–Crippen MR) is 41.5 cm³/mol. The van der Waals surface area contributed by atoms with Gasteiger partial charge in [0.15, 0.2) is 6.39 Å². The molecule has 1 unspecified atom stereocenters. The molecule has 0 radical (unpaired) electrons. The summed E-state index contributed by atoms with van der Waals surface area (Å²) in [5, 5.41) is 3.30. The Balaban J connectivity index is 2.21. The Morgan fingerprint density at radius 1 is 1.73 bits per heavy atom. The molecule has 1 N–H and O–H groups in total. The number of oxazole rings is 1. The molecule has 1 atom stereocenters. The summed E-state index contributed by atoms with van der Waals surface area (Å²) in [6.07, 6.45) is 2.71. The fourth-order valence-corrected chi connectivity index (χ4v) is 1.58. The molecule has 1 aromatic heterocycles. The van der Waals surface area contributed by atoms with Crippen LogP contribution in [0.2, 0.25) is 0 Å². The Hall–Kier alpha value is -0.830. The molecule has 3 nitrogen and oxygen atoms in total. The van der Waals surface area contributed by atoms with Crippen molar-refractivity contribution in [3.8, 4) is 0 Å². The molecule has 0 saturated carbocycles. The summed E-state index contributed by atoms with van der Waals surface area (Å²) >= 11 is 0. The maximum atomic E-state index is 5.30. The average molecular weight is 152 g/mol. The number of nitrogens with one attached hydrogen (secondary N) is 1. The quantitative estimate of drug-likeness (QED) is 0.654. The van der Waals surface area contributed by atoms with E-state index in [2.05, 4.69) is 10.3 Å². The Bertz CT molecular complexity index is 238. The van der Waals surface area contributed by atoms with Gasteiger partial charge in [-0.05, 0) is 19.9 Å².